The molecule has 0 aliphatic heterocycles. The fourth-order valence-electron chi connectivity index (χ4n) is 2.61. The number of hydrogen-bond donors (Lipinski definition) is 0. The average molecular weight is 512 g/mol. The van der Waals surface area contributed by atoms with Crippen LogP contribution < -0.4 is 4.80 Å². The van der Waals surface area contributed by atoms with Gasteiger partial charge in [0.2, 0.25) is 4.80 Å². The highest BCUT2D eigenvalue weighted by atomic mass is 79.9. The minimum atomic E-state index is -3.86. The largest absolute Gasteiger partial charge is 0.294 e. The summed E-state index contributed by atoms with van der Waals surface area (Å²) in [5, 5.41) is 1.91. The number of nitrogens with zero attached hydrogens (tertiary/aromatic N) is 2. The SMILES string of the molecule is O=S(=O)(N=c1scc(-c2ccc(Br)cc2)n1-c1ccccc1)c1ccc(Cl)s1. The predicted molar refractivity (Wildman–Crippen MR) is 119 cm³/mol. The number of thiophene rings is 1. The Balaban J connectivity index is 1.95. The third-order valence-corrected chi connectivity index (χ3v) is 8.30. The van der Waals surface area contributed by atoms with Gasteiger partial charge in [-0.2, -0.15) is 8.42 Å². The van der Waals surface area contributed by atoms with E-state index < -0.39 is 10.0 Å². The van der Waals surface area contributed by atoms with Gasteiger partial charge in [-0.05, 0) is 42.0 Å². The second kappa shape index (κ2) is 7.96. The van der Waals surface area contributed by atoms with Crippen molar-refractivity contribution in [3.8, 4) is 16.9 Å². The van der Waals surface area contributed by atoms with Crippen LogP contribution in [0.3, 0.4) is 0 Å². The van der Waals surface area contributed by atoms with Crippen LogP contribution in [0.4, 0.5) is 0 Å². The number of halogens is 2. The Morgan fingerprint density at radius 1 is 0.964 bits per heavy atom. The molecule has 0 saturated heterocycles. The van der Waals surface area contributed by atoms with E-state index in [0.717, 1.165) is 32.8 Å². The van der Waals surface area contributed by atoms with Crippen molar-refractivity contribution >= 4 is 60.2 Å². The lowest BCUT2D eigenvalue weighted by Crippen LogP contribution is -2.16. The molecule has 0 amide bonds. The molecule has 2 heterocycles. The number of sulfonamides is 1. The first-order valence-electron chi connectivity index (χ1n) is 8.02. The maximum Gasteiger partial charge on any atom is 0.294 e. The molecule has 0 atom stereocenters. The standard InChI is InChI=1S/C19H12BrClN2O2S3/c20-14-8-6-13(7-9-14)16-12-26-19(23(16)15-4-2-1-3-5-15)22-28(24,25)18-11-10-17(21)27-18/h1-12H. The van der Waals surface area contributed by atoms with Crippen molar-refractivity contribution in [3.63, 3.8) is 0 Å². The molecule has 28 heavy (non-hydrogen) atoms. The first-order chi connectivity index (χ1) is 13.4. The molecule has 4 aromatic rings. The summed E-state index contributed by atoms with van der Waals surface area (Å²) in [6.07, 6.45) is 0. The van der Waals surface area contributed by atoms with Crippen molar-refractivity contribution in [2.75, 3.05) is 0 Å². The third-order valence-electron chi connectivity index (χ3n) is 3.86. The summed E-state index contributed by atoms with van der Waals surface area (Å²) < 4.78 is 33.0. The summed E-state index contributed by atoms with van der Waals surface area (Å²) in [5.41, 5.74) is 2.66. The van der Waals surface area contributed by atoms with E-state index >= 15 is 0 Å². The molecular weight excluding hydrogens is 500 g/mol. The normalized spacial score (nSPS) is 12.4. The van der Waals surface area contributed by atoms with Crippen LogP contribution in [0.25, 0.3) is 16.9 Å². The van der Waals surface area contributed by atoms with Gasteiger partial charge in [0.15, 0.2) is 0 Å². The Morgan fingerprint density at radius 2 is 1.68 bits per heavy atom. The van der Waals surface area contributed by atoms with Gasteiger partial charge in [-0.15, -0.1) is 27.1 Å². The molecule has 2 aromatic heterocycles. The summed E-state index contributed by atoms with van der Waals surface area (Å²) in [5.74, 6) is 0. The van der Waals surface area contributed by atoms with Crippen LogP contribution in [0.5, 0.6) is 0 Å². The minimum Gasteiger partial charge on any atom is -0.284 e. The van der Waals surface area contributed by atoms with Gasteiger partial charge >= 0.3 is 0 Å². The lowest BCUT2D eigenvalue weighted by atomic mass is 10.1. The molecule has 0 aliphatic rings. The Hall–Kier alpha value is -1.71. The second-order valence-electron chi connectivity index (χ2n) is 5.71. The molecule has 142 valence electrons. The Morgan fingerprint density at radius 3 is 2.32 bits per heavy atom. The molecule has 0 aliphatic carbocycles. The average Bonchev–Trinajstić information content (AvgIpc) is 3.30. The Bertz CT molecular complexity index is 1290. The van der Waals surface area contributed by atoms with E-state index in [1.54, 1.807) is 6.07 Å². The maximum absolute atomic E-state index is 12.8. The van der Waals surface area contributed by atoms with Crippen LogP contribution >= 0.6 is 50.2 Å². The zero-order valence-electron chi connectivity index (χ0n) is 14.1. The first kappa shape index (κ1) is 19.6. The van der Waals surface area contributed by atoms with E-state index in [4.69, 9.17) is 11.6 Å². The minimum absolute atomic E-state index is 0.121. The Labute approximate surface area is 183 Å². The molecule has 2 aromatic carbocycles. The molecule has 0 fully saturated rings. The second-order valence-corrected chi connectivity index (χ2v) is 11.0. The van der Waals surface area contributed by atoms with Crippen LogP contribution in [-0.4, -0.2) is 13.0 Å². The summed E-state index contributed by atoms with van der Waals surface area (Å²) in [4.78, 5) is 0.369. The molecule has 0 unspecified atom stereocenters. The summed E-state index contributed by atoms with van der Waals surface area (Å²) in [6, 6.07) is 20.4. The van der Waals surface area contributed by atoms with Crippen LogP contribution in [0.1, 0.15) is 0 Å². The van der Waals surface area contributed by atoms with Gasteiger partial charge in [-0.25, -0.2) is 0 Å². The smallest absolute Gasteiger partial charge is 0.284 e. The first-order valence-corrected chi connectivity index (χ1v) is 12.3. The third kappa shape index (κ3) is 4.01. The summed E-state index contributed by atoms with van der Waals surface area (Å²) >= 11 is 11.6. The lowest BCUT2D eigenvalue weighted by Gasteiger charge is -2.09. The van der Waals surface area contributed by atoms with Gasteiger partial charge in [-0.1, -0.05) is 57.9 Å². The van der Waals surface area contributed by atoms with Gasteiger partial charge in [0.1, 0.15) is 4.21 Å². The van der Waals surface area contributed by atoms with Gasteiger partial charge in [0.25, 0.3) is 10.0 Å². The fourth-order valence-corrected chi connectivity index (χ4v) is 6.44. The molecule has 0 N–H and O–H groups in total. The van der Waals surface area contributed by atoms with E-state index in [2.05, 4.69) is 20.3 Å². The van der Waals surface area contributed by atoms with Gasteiger partial charge in [0, 0.05) is 15.5 Å². The lowest BCUT2D eigenvalue weighted by molar-refractivity contribution is 0.598. The van der Waals surface area contributed by atoms with Crippen molar-refractivity contribution in [1.82, 2.24) is 4.57 Å². The molecule has 4 rings (SSSR count). The van der Waals surface area contributed by atoms with Gasteiger partial charge < -0.3 is 0 Å². The number of thiazole rings is 1. The molecular formula is C19H12BrClN2O2S3. The topological polar surface area (TPSA) is 51.4 Å². The molecule has 0 radical (unpaired) electrons. The maximum atomic E-state index is 12.8. The molecule has 0 saturated carbocycles. The van der Waals surface area contributed by atoms with E-state index in [-0.39, 0.29) is 4.21 Å². The highest BCUT2D eigenvalue weighted by molar-refractivity contribution is 9.10. The van der Waals surface area contributed by atoms with Crippen molar-refractivity contribution in [2.45, 2.75) is 4.21 Å². The fraction of sp³-hybridized carbons (Fsp3) is 0. The van der Waals surface area contributed by atoms with Crippen LogP contribution in [0, 0.1) is 0 Å². The van der Waals surface area contributed by atoms with E-state index in [1.807, 2.05) is 64.5 Å². The van der Waals surface area contributed by atoms with Crippen LogP contribution in [0.15, 0.2) is 85.2 Å². The summed E-state index contributed by atoms with van der Waals surface area (Å²) in [7, 11) is -3.86. The zero-order chi connectivity index (χ0) is 19.7. The van der Waals surface area contributed by atoms with Crippen molar-refractivity contribution in [1.29, 1.82) is 0 Å². The monoisotopic (exact) mass is 510 g/mol. The summed E-state index contributed by atoms with van der Waals surface area (Å²) in [6.45, 7) is 0. The number of rotatable bonds is 4. The number of para-hydroxylation sites is 1. The molecule has 9 heteroatoms. The number of hydrogen-bond acceptors (Lipinski definition) is 4. The number of aromatic nitrogens is 1. The van der Waals surface area contributed by atoms with E-state index in [0.29, 0.717) is 9.14 Å². The van der Waals surface area contributed by atoms with E-state index in [1.165, 1.54) is 17.4 Å². The highest BCUT2D eigenvalue weighted by Gasteiger charge is 2.18. The van der Waals surface area contributed by atoms with Crippen LogP contribution in [0.2, 0.25) is 4.34 Å². The van der Waals surface area contributed by atoms with Crippen molar-refractivity contribution in [3.05, 3.63) is 85.7 Å². The molecule has 0 bridgehead atoms. The quantitative estimate of drug-likeness (QED) is 0.339. The highest BCUT2D eigenvalue weighted by Crippen LogP contribution is 2.28. The van der Waals surface area contributed by atoms with Crippen LogP contribution in [-0.2, 0) is 10.0 Å². The predicted octanol–water partition coefficient (Wildman–Crippen LogP) is 5.97. The van der Waals surface area contributed by atoms with Crippen molar-refractivity contribution in [2.24, 2.45) is 4.40 Å². The zero-order valence-corrected chi connectivity index (χ0v) is 18.9. The van der Waals surface area contributed by atoms with E-state index in [9.17, 15) is 8.42 Å². The van der Waals surface area contributed by atoms with Gasteiger partial charge in [0.05, 0.1) is 10.0 Å². The molecule has 0 spiro atoms. The van der Waals surface area contributed by atoms with Crippen molar-refractivity contribution < 1.29 is 8.42 Å². The number of benzene rings is 2. The molecule has 4 nitrogen and oxygen atoms in total. The van der Waals surface area contributed by atoms with Gasteiger partial charge in [-0.3, -0.25) is 4.57 Å². The Kier molecular flexibility index (Phi) is 5.57.